The lowest BCUT2D eigenvalue weighted by Crippen LogP contribution is -2.04. The number of hydrogen-bond acceptors (Lipinski definition) is 3. The molecule has 0 amide bonds. The van der Waals surface area contributed by atoms with Crippen LogP contribution >= 0.6 is 11.6 Å². The highest BCUT2D eigenvalue weighted by molar-refractivity contribution is 6.29. The van der Waals surface area contributed by atoms with E-state index in [1.54, 1.807) is 19.4 Å². The van der Waals surface area contributed by atoms with Gasteiger partial charge in [0.1, 0.15) is 11.3 Å². The lowest BCUT2D eigenvalue weighted by Gasteiger charge is -2.10. The summed E-state index contributed by atoms with van der Waals surface area (Å²) in [5.74, 6) is 0.646. The molecule has 1 rings (SSSR count). The van der Waals surface area contributed by atoms with E-state index < -0.39 is 0 Å². The SMILES string of the molecule is CC[C@@H](OC)c1nccc(Cl)n1. The molecule has 1 aromatic rings. The Hall–Kier alpha value is -0.670. The molecule has 0 saturated heterocycles. The molecule has 0 bridgehead atoms. The van der Waals surface area contributed by atoms with Gasteiger partial charge in [-0.1, -0.05) is 18.5 Å². The number of halogens is 1. The van der Waals surface area contributed by atoms with Gasteiger partial charge in [0.15, 0.2) is 5.82 Å². The standard InChI is InChI=1S/C8H11ClN2O/c1-3-6(12-2)8-10-5-4-7(9)11-8/h4-6H,3H2,1-2H3/t6-/m1/s1. The minimum absolute atomic E-state index is 0.0521. The largest absolute Gasteiger partial charge is 0.373 e. The fraction of sp³-hybridized carbons (Fsp3) is 0.500. The van der Waals surface area contributed by atoms with Crippen molar-refractivity contribution in [3.8, 4) is 0 Å². The van der Waals surface area contributed by atoms with Crippen LogP contribution in [0.15, 0.2) is 12.3 Å². The van der Waals surface area contributed by atoms with Gasteiger partial charge in [-0.25, -0.2) is 9.97 Å². The summed E-state index contributed by atoms with van der Waals surface area (Å²) in [5, 5.41) is 0.454. The molecule has 0 radical (unpaired) electrons. The smallest absolute Gasteiger partial charge is 0.158 e. The summed E-state index contributed by atoms with van der Waals surface area (Å²) in [6, 6.07) is 1.65. The second kappa shape index (κ2) is 4.38. The number of methoxy groups -OCH3 is 1. The monoisotopic (exact) mass is 186 g/mol. The molecule has 3 nitrogen and oxygen atoms in total. The van der Waals surface area contributed by atoms with Crippen molar-refractivity contribution in [3.63, 3.8) is 0 Å². The summed E-state index contributed by atoms with van der Waals surface area (Å²) < 4.78 is 5.16. The van der Waals surface area contributed by atoms with Crippen LogP contribution in [0.1, 0.15) is 25.3 Å². The summed E-state index contributed by atoms with van der Waals surface area (Å²) in [7, 11) is 1.64. The van der Waals surface area contributed by atoms with E-state index in [0.29, 0.717) is 11.0 Å². The third kappa shape index (κ3) is 2.16. The Labute approximate surface area is 76.7 Å². The predicted octanol–water partition coefficient (Wildman–Crippen LogP) is 2.23. The molecule has 0 aliphatic rings. The molecule has 12 heavy (non-hydrogen) atoms. The second-order valence-electron chi connectivity index (χ2n) is 2.37. The fourth-order valence-electron chi connectivity index (χ4n) is 0.960. The van der Waals surface area contributed by atoms with E-state index in [4.69, 9.17) is 16.3 Å². The summed E-state index contributed by atoms with van der Waals surface area (Å²) >= 11 is 5.70. The zero-order valence-corrected chi connectivity index (χ0v) is 7.88. The van der Waals surface area contributed by atoms with Gasteiger partial charge >= 0.3 is 0 Å². The molecular formula is C8H11ClN2O. The van der Waals surface area contributed by atoms with Gasteiger partial charge in [-0.05, 0) is 12.5 Å². The van der Waals surface area contributed by atoms with Crippen LogP contribution < -0.4 is 0 Å². The summed E-state index contributed by atoms with van der Waals surface area (Å²) in [4.78, 5) is 8.11. The van der Waals surface area contributed by atoms with Crippen molar-refractivity contribution in [2.24, 2.45) is 0 Å². The van der Waals surface area contributed by atoms with Crippen LogP contribution in [-0.4, -0.2) is 17.1 Å². The quantitative estimate of drug-likeness (QED) is 0.679. The minimum Gasteiger partial charge on any atom is -0.373 e. The van der Waals surface area contributed by atoms with Gasteiger partial charge in [0, 0.05) is 13.3 Å². The molecule has 0 aliphatic heterocycles. The molecule has 0 aromatic carbocycles. The average Bonchev–Trinajstić information content (AvgIpc) is 2.07. The van der Waals surface area contributed by atoms with E-state index in [1.165, 1.54) is 0 Å². The lowest BCUT2D eigenvalue weighted by molar-refractivity contribution is 0.0926. The van der Waals surface area contributed by atoms with Crippen LogP contribution in [0.5, 0.6) is 0 Å². The van der Waals surface area contributed by atoms with E-state index in [0.717, 1.165) is 6.42 Å². The zero-order valence-electron chi connectivity index (χ0n) is 7.12. The van der Waals surface area contributed by atoms with Gasteiger partial charge in [0.05, 0.1) is 0 Å². The molecular weight excluding hydrogens is 176 g/mol. The summed E-state index contributed by atoms with van der Waals surface area (Å²) in [5.41, 5.74) is 0. The highest BCUT2D eigenvalue weighted by Gasteiger charge is 2.10. The van der Waals surface area contributed by atoms with Crippen LogP contribution in [0.4, 0.5) is 0 Å². The predicted molar refractivity (Wildman–Crippen MR) is 47.1 cm³/mol. The Bertz CT molecular complexity index is 251. The zero-order chi connectivity index (χ0) is 8.97. The van der Waals surface area contributed by atoms with Crippen LogP contribution in [0, 0.1) is 0 Å². The van der Waals surface area contributed by atoms with Gasteiger partial charge in [0.2, 0.25) is 0 Å². The molecule has 1 atom stereocenters. The van der Waals surface area contributed by atoms with E-state index in [9.17, 15) is 0 Å². The van der Waals surface area contributed by atoms with Crippen molar-refractivity contribution in [1.29, 1.82) is 0 Å². The van der Waals surface area contributed by atoms with E-state index >= 15 is 0 Å². The maximum Gasteiger partial charge on any atom is 0.158 e. The van der Waals surface area contributed by atoms with Crippen LogP contribution in [0.25, 0.3) is 0 Å². The second-order valence-corrected chi connectivity index (χ2v) is 2.76. The van der Waals surface area contributed by atoms with Crippen molar-refractivity contribution in [2.75, 3.05) is 7.11 Å². The molecule has 1 heterocycles. The third-order valence-corrected chi connectivity index (χ3v) is 1.79. The summed E-state index contributed by atoms with van der Waals surface area (Å²) in [6.07, 6.45) is 2.42. The van der Waals surface area contributed by atoms with Crippen molar-refractivity contribution >= 4 is 11.6 Å². The number of rotatable bonds is 3. The molecule has 66 valence electrons. The van der Waals surface area contributed by atoms with Crippen molar-refractivity contribution in [2.45, 2.75) is 19.4 Å². The van der Waals surface area contributed by atoms with Gasteiger partial charge < -0.3 is 4.74 Å². The van der Waals surface area contributed by atoms with Gasteiger partial charge in [0.25, 0.3) is 0 Å². The van der Waals surface area contributed by atoms with Crippen LogP contribution in [0.2, 0.25) is 5.15 Å². The van der Waals surface area contributed by atoms with Crippen molar-refractivity contribution in [1.82, 2.24) is 9.97 Å². The molecule has 0 unspecified atom stereocenters. The maximum atomic E-state index is 5.70. The molecule has 4 heteroatoms. The Kier molecular flexibility index (Phi) is 3.44. The topological polar surface area (TPSA) is 35.0 Å². The number of ether oxygens (including phenoxy) is 1. The Morgan fingerprint density at radius 2 is 2.42 bits per heavy atom. The van der Waals surface area contributed by atoms with Gasteiger partial charge in [-0.3, -0.25) is 0 Å². The minimum atomic E-state index is -0.0521. The molecule has 0 aliphatic carbocycles. The van der Waals surface area contributed by atoms with Crippen LogP contribution in [-0.2, 0) is 4.74 Å². The highest BCUT2D eigenvalue weighted by atomic mass is 35.5. The Balaban J connectivity index is 2.85. The normalized spacial score (nSPS) is 12.9. The Morgan fingerprint density at radius 3 is 2.92 bits per heavy atom. The van der Waals surface area contributed by atoms with Crippen molar-refractivity contribution < 1.29 is 4.74 Å². The third-order valence-electron chi connectivity index (χ3n) is 1.58. The van der Waals surface area contributed by atoms with Gasteiger partial charge in [-0.15, -0.1) is 0 Å². The average molecular weight is 187 g/mol. The molecule has 0 saturated carbocycles. The van der Waals surface area contributed by atoms with E-state index in [-0.39, 0.29) is 6.10 Å². The highest BCUT2D eigenvalue weighted by Crippen LogP contribution is 2.16. The lowest BCUT2D eigenvalue weighted by atomic mass is 10.2. The fourth-order valence-corrected chi connectivity index (χ4v) is 1.10. The molecule has 0 spiro atoms. The molecule has 1 aromatic heterocycles. The summed E-state index contributed by atoms with van der Waals surface area (Å²) in [6.45, 7) is 2.01. The maximum absolute atomic E-state index is 5.70. The molecule has 0 fully saturated rings. The van der Waals surface area contributed by atoms with Crippen LogP contribution in [0.3, 0.4) is 0 Å². The van der Waals surface area contributed by atoms with Crippen molar-refractivity contribution in [3.05, 3.63) is 23.2 Å². The Morgan fingerprint density at radius 1 is 1.67 bits per heavy atom. The number of hydrogen-bond donors (Lipinski definition) is 0. The molecule has 0 N–H and O–H groups in total. The van der Waals surface area contributed by atoms with Gasteiger partial charge in [-0.2, -0.15) is 0 Å². The number of aromatic nitrogens is 2. The van der Waals surface area contributed by atoms with E-state index in [1.807, 2.05) is 6.92 Å². The first kappa shape index (κ1) is 9.42. The first-order valence-electron chi connectivity index (χ1n) is 3.79. The van der Waals surface area contributed by atoms with E-state index in [2.05, 4.69) is 9.97 Å². The first-order valence-corrected chi connectivity index (χ1v) is 4.17. The number of nitrogens with zero attached hydrogens (tertiary/aromatic N) is 2. The first-order chi connectivity index (χ1) is 5.77.